The summed E-state index contributed by atoms with van der Waals surface area (Å²) in [4.78, 5) is 0. The maximum absolute atomic E-state index is 13.9. The summed E-state index contributed by atoms with van der Waals surface area (Å²) in [5.41, 5.74) is 0.744. The molecule has 0 radical (unpaired) electrons. The summed E-state index contributed by atoms with van der Waals surface area (Å²) in [6, 6.07) is 6.34. The van der Waals surface area contributed by atoms with Crippen molar-refractivity contribution in [2.75, 3.05) is 0 Å². The van der Waals surface area contributed by atoms with Crippen molar-refractivity contribution >= 4 is 0 Å². The van der Waals surface area contributed by atoms with Gasteiger partial charge in [0.15, 0.2) is 17.5 Å². The van der Waals surface area contributed by atoms with Crippen LogP contribution in [0.1, 0.15) is 18.4 Å². The van der Waals surface area contributed by atoms with Gasteiger partial charge in [0.25, 0.3) is 0 Å². The van der Waals surface area contributed by atoms with Crippen molar-refractivity contribution in [3.63, 3.8) is 0 Å². The fourth-order valence-corrected chi connectivity index (χ4v) is 2.23. The van der Waals surface area contributed by atoms with Crippen LogP contribution in [-0.4, -0.2) is 6.04 Å². The largest absolute Gasteiger partial charge is 0.310 e. The molecule has 5 heteroatoms. The van der Waals surface area contributed by atoms with Crippen LogP contribution < -0.4 is 5.32 Å². The minimum Gasteiger partial charge on any atom is -0.310 e. The Kier molecular flexibility index (Phi) is 3.68. The van der Waals surface area contributed by atoms with E-state index < -0.39 is 23.3 Å². The first-order valence-corrected chi connectivity index (χ1v) is 6.72. The maximum atomic E-state index is 13.9. The molecule has 3 rings (SSSR count). The third-order valence-corrected chi connectivity index (χ3v) is 3.56. The predicted molar refractivity (Wildman–Crippen MR) is 71.6 cm³/mol. The summed E-state index contributed by atoms with van der Waals surface area (Å²) in [5.74, 6) is -4.65. The number of benzene rings is 2. The van der Waals surface area contributed by atoms with Crippen LogP contribution in [0.15, 0.2) is 30.3 Å². The predicted octanol–water partition coefficient (Wildman–Crippen LogP) is 4.16. The van der Waals surface area contributed by atoms with E-state index in [9.17, 15) is 17.6 Å². The topological polar surface area (TPSA) is 12.0 Å². The number of nitrogens with one attached hydrogen (secondary N) is 1. The Morgan fingerprint density at radius 1 is 0.905 bits per heavy atom. The summed E-state index contributed by atoms with van der Waals surface area (Å²) < 4.78 is 53.7. The molecule has 110 valence electrons. The number of hydrogen-bond donors (Lipinski definition) is 1. The second kappa shape index (κ2) is 5.48. The molecule has 0 spiro atoms. The Morgan fingerprint density at radius 2 is 1.67 bits per heavy atom. The fourth-order valence-electron chi connectivity index (χ4n) is 2.23. The molecule has 2 aromatic rings. The minimum absolute atomic E-state index is 0.138. The number of hydrogen-bond acceptors (Lipinski definition) is 1. The Hall–Kier alpha value is -1.88. The molecule has 21 heavy (non-hydrogen) atoms. The van der Waals surface area contributed by atoms with E-state index in [-0.39, 0.29) is 11.1 Å². The first-order valence-electron chi connectivity index (χ1n) is 6.72. The molecule has 2 aromatic carbocycles. The highest BCUT2D eigenvalue weighted by Crippen LogP contribution is 2.30. The highest BCUT2D eigenvalue weighted by molar-refractivity contribution is 5.68. The Balaban J connectivity index is 2.03. The molecular weight excluding hydrogens is 282 g/mol. The van der Waals surface area contributed by atoms with Crippen molar-refractivity contribution in [3.8, 4) is 11.1 Å². The van der Waals surface area contributed by atoms with Crippen molar-refractivity contribution in [1.82, 2.24) is 5.32 Å². The van der Waals surface area contributed by atoms with E-state index in [0.29, 0.717) is 18.2 Å². The summed E-state index contributed by atoms with van der Waals surface area (Å²) in [7, 11) is 0. The van der Waals surface area contributed by atoms with Crippen molar-refractivity contribution < 1.29 is 17.6 Å². The van der Waals surface area contributed by atoms with Crippen LogP contribution in [0.25, 0.3) is 11.1 Å². The Morgan fingerprint density at radius 3 is 2.38 bits per heavy atom. The molecule has 0 unspecified atom stereocenters. The van der Waals surface area contributed by atoms with E-state index in [4.69, 9.17) is 0 Å². The average molecular weight is 295 g/mol. The second-order valence-corrected chi connectivity index (χ2v) is 5.18. The van der Waals surface area contributed by atoms with E-state index in [1.54, 1.807) is 0 Å². The van der Waals surface area contributed by atoms with E-state index >= 15 is 0 Å². The van der Waals surface area contributed by atoms with Gasteiger partial charge in [0.2, 0.25) is 0 Å². The zero-order chi connectivity index (χ0) is 15.0. The average Bonchev–Trinajstić information content (AvgIpc) is 3.28. The van der Waals surface area contributed by atoms with E-state index in [1.165, 1.54) is 12.1 Å². The lowest BCUT2D eigenvalue weighted by Gasteiger charge is -2.12. The van der Waals surface area contributed by atoms with Gasteiger partial charge in [0.05, 0.1) is 0 Å². The fraction of sp³-hybridized carbons (Fsp3) is 0.250. The minimum atomic E-state index is -1.54. The molecule has 1 saturated carbocycles. The SMILES string of the molecule is Fc1ccc(CNC2CC2)c(-c2ccc(F)c(F)c2F)c1. The third-order valence-electron chi connectivity index (χ3n) is 3.56. The van der Waals surface area contributed by atoms with Gasteiger partial charge in [-0.2, -0.15) is 0 Å². The monoisotopic (exact) mass is 295 g/mol. The Labute approximate surface area is 119 Å². The first kappa shape index (κ1) is 14.1. The van der Waals surface area contributed by atoms with Gasteiger partial charge in [-0.1, -0.05) is 6.07 Å². The van der Waals surface area contributed by atoms with E-state index in [2.05, 4.69) is 5.32 Å². The Bertz CT molecular complexity index is 680. The van der Waals surface area contributed by atoms with Crippen LogP contribution in [0, 0.1) is 23.3 Å². The van der Waals surface area contributed by atoms with Gasteiger partial charge >= 0.3 is 0 Å². The van der Waals surface area contributed by atoms with Gasteiger partial charge in [-0.3, -0.25) is 0 Å². The molecule has 0 bridgehead atoms. The van der Waals surface area contributed by atoms with E-state index in [1.807, 2.05) is 0 Å². The molecule has 1 aliphatic carbocycles. The molecule has 0 amide bonds. The zero-order valence-electron chi connectivity index (χ0n) is 11.1. The second-order valence-electron chi connectivity index (χ2n) is 5.18. The summed E-state index contributed by atoms with van der Waals surface area (Å²) in [6.07, 6.45) is 2.16. The van der Waals surface area contributed by atoms with Gasteiger partial charge in [-0.15, -0.1) is 0 Å². The van der Waals surface area contributed by atoms with Gasteiger partial charge < -0.3 is 5.32 Å². The van der Waals surface area contributed by atoms with Crippen LogP contribution in [0.4, 0.5) is 17.6 Å². The lowest BCUT2D eigenvalue weighted by molar-refractivity contribution is 0.449. The lowest BCUT2D eigenvalue weighted by atomic mass is 9.98. The molecule has 1 N–H and O–H groups in total. The van der Waals surface area contributed by atoms with Crippen molar-refractivity contribution in [1.29, 1.82) is 0 Å². The maximum Gasteiger partial charge on any atom is 0.195 e. The normalized spacial score (nSPS) is 14.5. The summed E-state index contributed by atoms with van der Waals surface area (Å²) in [6.45, 7) is 0.429. The van der Waals surface area contributed by atoms with Crippen LogP contribution in [-0.2, 0) is 6.54 Å². The molecule has 0 aromatic heterocycles. The number of rotatable bonds is 4. The molecule has 1 aliphatic rings. The molecule has 1 nitrogen and oxygen atoms in total. The first-order chi connectivity index (χ1) is 10.1. The quantitative estimate of drug-likeness (QED) is 0.659. The highest BCUT2D eigenvalue weighted by Gasteiger charge is 2.22. The smallest absolute Gasteiger partial charge is 0.195 e. The van der Waals surface area contributed by atoms with Gasteiger partial charge in [0, 0.05) is 18.2 Å². The third kappa shape index (κ3) is 2.93. The number of halogens is 4. The summed E-state index contributed by atoms with van der Waals surface area (Å²) >= 11 is 0. The highest BCUT2D eigenvalue weighted by atomic mass is 19.2. The van der Waals surface area contributed by atoms with Gasteiger partial charge in [-0.25, -0.2) is 17.6 Å². The van der Waals surface area contributed by atoms with Crippen molar-refractivity contribution in [2.45, 2.75) is 25.4 Å². The lowest BCUT2D eigenvalue weighted by Crippen LogP contribution is -2.16. The zero-order valence-corrected chi connectivity index (χ0v) is 11.1. The van der Waals surface area contributed by atoms with Crippen LogP contribution in [0.3, 0.4) is 0 Å². The summed E-state index contributed by atoms with van der Waals surface area (Å²) in [5, 5.41) is 3.24. The standard InChI is InChI=1S/C16H13F4N/c17-10-2-1-9(8-21-11-3-4-11)13(7-10)12-5-6-14(18)16(20)15(12)19/h1-2,5-7,11,21H,3-4,8H2. The van der Waals surface area contributed by atoms with Crippen LogP contribution in [0.5, 0.6) is 0 Å². The molecular formula is C16H13F4N. The molecule has 0 aliphatic heterocycles. The van der Waals surface area contributed by atoms with Crippen LogP contribution >= 0.6 is 0 Å². The van der Waals surface area contributed by atoms with Gasteiger partial charge in [-0.05, 0) is 48.2 Å². The molecule has 0 saturated heterocycles. The van der Waals surface area contributed by atoms with E-state index in [0.717, 1.165) is 31.0 Å². The van der Waals surface area contributed by atoms with Crippen LogP contribution in [0.2, 0.25) is 0 Å². The molecule has 1 fully saturated rings. The van der Waals surface area contributed by atoms with Crippen molar-refractivity contribution in [2.24, 2.45) is 0 Å². The van der Waals surface area contributed by atoms with Gasteiger partial charge in [0.1, 0.15) is 5.82 Å². The van der Waals surface area contributed by atoms with Crippen molar-refractivity contribution in [3.05, 3.63) is 59.2 Å². The molecule has 0 atom stereocenters. The molecule has 0 heterocycles.